The molecule has 0 aromatic heterocycles. The molecular weight excluding hydrogens is 336 g/mol. The summed E-state index contributed by atoms with van der Waals surface area (Å²) in [6, 6.07) is 13.2. The van der Waals surface area contributed by atoms with Crippen LogP contribution in [0, 0.1) is 10.1 Å². The van der Waals surface area contributed by atoms with Gasteiger partial charge in [-0.05, 0) is 29.8 Å². The molecule has 3 rings (SSSR count). The highest BCUT2D eigenvalue weighted by atomic mass is 35.5. The van der Waals surface area contributed by atoms with E-state index in [1.54, 1.807) is 16.7 Å². The van der Waals surface area contributed by atoms with Gasteiger partial charge >= 0.3 is 0 Å². The Morgan fingerprint density at radius 1 is 1.17 bits per heavy atom. The summed E-state index contributed by atoms with van der Waals surface area (Å²) in [5.74, 6) is 0.733. The van der Waals surface area contributed by atoms with Crippen LogP contribution in [-0.4, -0.2) is 28.0 Å². The van der Waals surface area contributed by atoms with E-state index in [1.165, 1.54) is 24.3 Å². The summed E-state index contributed by atoms with van der Waals surface area (Å²) in [6.07, 6.45) is 0. The zero-order chi connectivity index (χ0) is 16.4. The summed E-state index contributed by atoms with van der Waals surface area (Å²) < 4.78 is 0. The van der Waals surface area contributed by atoms with E-state index in [0.717, 1.165) is 11.3 Å². The third kappa shape index (κ3) is 3.33. The number of nitro groups is 1. The maximum atomic E-state index is 12.7. The molecule has 1 saturated heterocycles. The van der Waals surface area contributed by atoms with Gasteiger partial charge in [-0.3, -0.25) is 14.9 Å². The highest BCUT2D eigenvalue weighted by molar-refractivity contribution is 7.99. The molecule has 1 aliphatic rings. The van der Waals surface area contributed by atoms with E-state index in [2.05, 4.69) is 0 Å². The van der Waals surface area contributed by atoms with Crippen LogP contribution in [0.3, 0.4) is 0 Å². The van der Waals surface area contributed by atoms with Crippen LogP contribution in [-0.2, 0) is 0 Å². The second-order valence-electron chi connectivity index (χ2n) is 5.08. The quantitative estimate of drug-likeness (QED) is 0.617. The lowest BCUT2D eigenvalue weighted by molar-refractivity contribution is -0.384. The number of carbonyl (C=O) groups is 1. The molecule has 0 saturated carbocycles. The largest absolute Gasteiger partial charge is 0.322 e. The molecule has 5 nitrogen and oxygen atoms in total. The van der Waals surface area contributed by atoms with Crippen LogP contribution in [0.15, 0.2) is 48.5 Å². The van der Waals surface area contributed by atoms with Crippen LogP contribution in [0.2, 0.25) is 5.02 Å². The normalized spacial score (nSPS) is 17.3. The van der Waals surface area contributed by atoms with Crippen LogP contribution >= 0.6 is 23.4 Å². The fraction of sp³-hybridized carbons (Fsp3) is 0.188. The van der Waals surface area contributed by atoms with Crippen molar-refractivity contribution in [1.29, 1.82) is 0 Å². The SMILES string of the molecule is O=C(c1ccc([N+](=O)[O-])cc1)N1CCS[C@@H]1c1ccc(Cl)cc1. The van der Waals surface area contributed by atoms with E-state index in [0.29, 0.717) is 17.1 Å². The number of non-ortho nitro benzene ring substituents is 1. The lowest BCUT2D eigenvalue weighted by Crippen LogP contribution is -2.30. The Labute approximate surface area is 142 Å². The van der Waals surface area contributed by atoms with E-state index >= 15 is 0 Å². The molecule has 1 atom stereocenters. The van der Waals surface area contributed by atoms with E-state index < -0.39 is 4.92 Å². The van der Waals surface area contributed by atoms with Crippen LogP contribution < -0.4 is 0 Å². The predicted molar refractivity (Wildman–Crippen MR) is 90.8 cm³/mol. The average Bonchev–Trinajstić information content (AvgIpc) is 3.04. The number of thioether (sulfide) groups is 1. The van der Waals surface area contributed by atoms with E-state index in [1.807, 2.05) is 24.3 Å². The predicted octanol–water partition coefficient (Wildman–Crippen LogP) is 4.14. The molecule has 0 bridgehead atoms. The number of carbonyl (C=O) groups excluding carboxylic acids is 1. The van der Waals surface area contributed by atoms with Gasteiger partial charge in [0.05, 0.1) is 4.92 Å². The first-order chi connectivity index (χ1) is 11.1. The van der Waals surface area contributed by atoms with Crippen LogP contribution in [0.25, 0.3) is 0 Å². The lowest BCUT2D eigenvalue weighted by atomic mass is 10.1. The first-order valence-electron chi connectivity index (χ1n) is 6.99. The number of amides is 1. The fourth-order valence-corrected chi connectivity index (χ4v) is 3.86. The Kier molecular flexibility index (Phi) is 4.54. The summed E-state index contributed by atoms with van der Waals surface area (Å²) in [5, 5.41) is 11.3. The smallest absolute Gasteiger partial charge is 0.269 e. The zero-order valence-electron chi connectivity index (χ0n) is 12.0. The van der Waals surface area contributed by atoms with E-state index in [-0.39, 0.29) is 17.0 Å². The molecule has 2 aromatic carbocycles. The van der Waals surface area contributed by atoms with Crippen molar-refractivity contribution >= 4 is 35.0 Å². The highest BCUT2D eigenvalue weighted by Gasteiger charge is 2.31. The number of hydrogen-bond acceptors (Lipinski definition) is 4. The lowest BCUT2D eigenvalue weighted by Gasteiger charge is -2.24. The van der Waals surface area contributed by atoms with Crippen molar-refractivity contribution in [1.82, 2.24) is 4.90 Å². The maximum Gasteiger partial charge on any atom is 0.269 e. The molecule has 118 valence electrons. The second kappa shape index (κ2) is 6.60. The average molecular weight is 349 g/mol. The van der Waals surface area contributed by atoms with Gasteiger partial charge in [-0.25, -0.2) is 0 Å². The van der Waals surface area contributed by atoms with Gasteiger partial charge in [0.25, 0.3) is 11.6 Å². The molecule has 7 heteroatoms. The maximum absolute atomic E-state index is 12.7. The fourth-order valence-electron chi connectivity index (χ4n) is 2.47. The Morgan fingerprint density at radius 3 is 2.43 bits per heavy atom. The molecule has 0 N–H and O–H groups in total. The third-order valence-corrected chi connectivity index (χ3v) is 5.14. The van der Waals surface area contributed by atoms with Crippen molar-refractivity contribution < 1.29 is 9.72 Å². The van der Waals surface area contributed by atoms with Crippen molar-refractivity contribution in [3.8, 4) is 0 Å². The number of hydrogen-bond donors (Lipinski definition) is 0. The minimum absolute atomic E-state index is 0.0217. The molecular formula is C16H13ClN2O3S. The number of nitro benzene ring substituents is 1. The number of rotatable bonds is 3. The van der Waals surface area contributed by atoms with Crippen molar-refractivity contribution in [2.45, 2.75) is 5.37 Å². The molecule has 0 unspecified atom stereocenters. The zero-order valence-corrected chi connectivity index (χ0v) is 13.6. The van der Waals surface area contributed by atoms with E-state index in [9.17, 15) is 14.9 Å². The number of halogens is 1. The summed E-state index contributed by atoms with van der Waals surface area (Å²) >= 11 is 7.61. The second-order valence-corrected chi connectivity index (χ2v) is 6.70. The molecule has 23 heavy (non-hydrogen) atoms. The Hall–Kier alpha value is -2.05. The van der Waals surface area contributed by atoms with Crippen LogP contribution in [0.1, 0.15) is 21.3 Å². The third-order valence-electron chi connectivity index (χ3n) is 3.63. The molecule has 0 aliphatic carbocycles. The molecule has 1 aliphatic heterocycles. The van der Waals surface area contributed by atoms with Gasteiger partial charge in [-0.15, -0.1) is 11.8 Å². The molecule has 2 aromatic rings. The highest BCUT2D eigenvalue weighted by Crippen LogP contribution is 2.39. The molecule has 0 radical (unpaired) electrons. The Morgan fingerprint density at radius 2 is 1.83 bits per heavy atom. The monoisotopic (exact) mass is 348 g/mol. The van der Waals surface area contributed by atoms with Gasteiger partial charge in [-0.2, -0.15) is 0 Å². The van der Waals surface area contributed by atoms with Crippen molar-refractivity contribution in [2.75, 3.05) is 12.3 Å². The summed E-state index contributed by atoms with van der Waals surface area (Å²) in [4.78, 5) is 24.7. The first-order valence-corrected chi connectivity index (χ1v) is 8.41. The minimum Gasteiger partial charge on any atom is -0.322 e. The van der Waals surface area contributed by atoms with Crippen LogP contribution in [0.4, 0.5) is 5.69 Å². The summed E-state index contributed by atoms with van der Waals surface area (Å²) in [7, 11) is 0. The standard InChI is InChI=1S/C16H13ClN2O3S/c17-13-5-1-12(2-6-13)16-18(9-10-23-16)15(20)11-3-7-14(8-4-11)19(21)22/h1-8,16H,9-10H2/t16-/m1/s1. The number of nitrogens with zero attached hydrogens (tertiary/aromatic N) is 2. The van der Waals surface area contributed by atoms with Gasteiger partial charge in [0.1, 0.15) is 5.37 Å². The Balaban J connectivity index is 1.82. The van der Waals surface area contributed by atoms with Gasteiger partial charge < -0.3 is 4.90 Å². The molecule has 0 spiro atoms. The van der Waals surface area contributed by atoms with Gasteiger partial charge in [0.15, 0.2) is 0 Å². The molecule has 1 amide bonds. The van der Waals surface area contributed by atoms with Gasteiger partial charge in [0, 0.05) is 35.0 Å². The minimum atomic E-state index is -0.476. The van der Waals surface area contributed by atoms with Crippen molar-refractivity contribution in [2.24, 2.45) is 0 Å². The first kappa shape index (κ1) is 15.8. The molecule has 1 heterocycles. The summed E-state index contributed by atoms with van der Waals surface area (Å²) in [5.41, 5.74) is 1.45. The van der Waals surface area contributed by atoms with E-state index in [4.69, 9.17) is 11.6 Å². The van der Waals surface area contributed by atoms with Crippen molar-refractivity contribution in [3.05, 3.63) is 74.8 Å². The Bertz CT molecular complexity index is 734. The van der Waals surface area contributed by atoms with Crippen LogP contribution in [0.5, 0.6) is 0 Å². The molecule has 1 fully saturated rings. The topological polar surface area (TPSA) is 63.4 Å². The summed E-state index contributed by atoms with van der Waals surface area (Å²) in [6.45, 7) is 0.647. The van der Waals surface area contributed by atoms with Gasteiger partial charge in [0.2, 0.25) is 0 Å². The van der Waals surface area contributed by atoms with Crippen molar-refractivity contribution in [3.63, 3.8) is 0 Å². The van der Waals surface area contributed by atoms with Gasteiger partial charge in [-0.1, -0.05) is 23.7 Å². The number of benzene rings is 2.